The second-order valence-corrected chi connectivity index (χ2v) is 5.20. The Balaban J connectivity index is 2.28. The number of aliphatic hydroxyl groups is 1. The zero-order valence-electron chi connectivity index (χ0n) is 11.6. The van der Waals surface area contributed by atoms with Gasteiger partial charge in [-0.1, -0.05) is 43.0 Å². The van der Waals surface area contributed by atoms with Crippen LogP contribution in [0.3, 0.4) is 0 Å². The molecule has 0 saturated carbocycles. The molecule has 1 fully saturated rings. The van der Waals surface area contributed by atoms with Crippen LogP contribution in [0.1, 0.15) is 37.0 Å². The lowest BCUT2D eigenvalue weighted by Crippen LogP contribution is -2.31. The molecule has 19 heavy (non-hydrogen) atoms. The quantitative estimate of drug-likeness (QED) is 0.811. The smallest absolute Gasteiger partial charge is 0.0825 e. The van der Waals surface area contributed by atoms with Gasteiger partial charge in [0.1, 0.15) is 0 Å². The summed E-state index contributed by atoms with van der Waals surface area (Å²) in [4.78, 5) is 0. The van der Waals surface area contributed by atoms with Gasteiger partial charge in [-0.15, -0.1) is 0 Å². The predicted molar refractivity (Wildman–Crippen MR) is 80.8 cm³/mol. The number of rotatable bonds is 4. The zero-order valence-corrected chi connectivity index (χ0v) is 11.6. The minimum absolute atomic E-state index is 0.360. The molecule has 2 rings (SSSR count). The molecule has 0 aliphatic carbocycles. The largest absolute Gasteiger partial charge is 0.388 e. The Bertz CT molecular complexity index is 458. The Morgan fingerprint density at radius 2 is 2.05 bits per heavy atom. The van der Waals surface area contributed by atoms with Crippen LogP contribution in [0.25, 0.3) is 5.57 Å². The average Bonchev–Trinajstić information content (AvgIpc) is 2.47. The first kappa shape index (κ1) is 14.0. The van der Waals surface area contributed by atoms with E-state index < -0.39 is 0 Å². The lowest BCUT2D eigenvalue weighted by molar-refractivity contribution is 0.0887. The third-order valence-corrected chi connectivity index (χ3v) is 3.90. The van der Waals surface area contributed by atoms with Gasteiger partial charge in [-0.3, -0.25) is 0 Å². The summed E-state index contributed by atoms with van der Waals surface area (Å²) in [6.45, 7) is 7.82. The second kappa shape index (κ2) is 6.69. The van der Waals surface area contributed by atoms with Crippen LogP contribution in [0.4, 0.5) is 0 Å². The van der Waals surface area contributed by atoms with Crippen LogP contribution < -0.4 is 5.32 Å². The molecule has 102 valence electrons. The number of allylic oxidation sites excluding steroid dienone is 3. The van der Waals surface area contributed by atoms with E-state index >= 15 is 0 Å². The van der Waals surface area contributed by atoms with Crippen molar-refractivity contribution in [1.29, 1.82) is 0 Å². The minimum Gasteiger partial charge on any atom is -0.388 e. The molecule has 1 aromatic carbocycles. The second-order valence-electron chi connectivity index (χ2n) is 5.20. The highest BCUT2D eigenvalue weighted by molar-refractivity contribution is 5.68. The fourth-order valence-electron chi connectivity index (χ4n) is 2.79. The van der Waals surface area contributed by atoms with Crippen LogP contribution >= 0.6 is 0 Å². The maximum atomic E-state index is 10.7. The van der Waals surface area contributed by atoms with Crippen LogP contribution in [0, 0.1) is 5.92 Å². The van der Waals surface area contributed by atoms with E-state index in [1.165, 1.54) is 0 Å². The lowest BCUT2D eigenvalue weighted by Gasteiger charge is -2.28. The summed E-state index contributed by atoms with van der Waals surface area (Å²) in [6.07, 6.45) is 5.50. The summed E-state index contributed by atoms with van der Waals surface area (Å²) in [6, 6.07) is 8.15. The Morgan fingerprint density at radius 1 is 1.37 bits per heavy atom. The highest BCUT2D eigenvalue weighted by atomic mass is 16.3. The molecule has 0 amide bonds. The number of benzene rings is 1. The normalized spacial score (nSPS) is 19.2. The molecule has 1 aliphatic heterocycles. The number of aliphatic hydroxyl groups excluding tert-OH is 1. The van der Waals surface area contributed by atoms with Crippen molar-refractivity contribution in [2.75, 3.05) is 13.1 Å². The molecule has 0 aromatic heterocycles. The minimum atomic E-state index is -0.369. The van der Waals surface area contributed by atoms with Gasteiger partial charge in [-0.2, -0.15) is 0 Å². The van der Waals surface area contributed by atoms with E-state index in [0.29, 0.717) is 5.92 Å². The lowest BCUT2D eigenvalue weighted by atomic mass is 9.85. The SMILES string of the molecule is C=C/C=C(\C)c1ccccc1[C@@H](O)C1CCNCC1. The summed E-state index contributed by atoms with van der Waals surface area (Å²) >= 11 is 0. The molecule has 0 bridgehead atoms. The first-order valence-corrected chi connectivity index (χ1v) is 7.01. The van der Waals surface area contributed by atoms with E-state index in [-0.39, 0.29) is 6.10 Å². The highest BCUT2D eigenvalue weighted by Gasteiger charge is 2.24. The summed E-state index contributed by atoms with van der Waals surface area (Å²) < 4.78 is 0. The molecule has 2 N–H and O–H groups in total. The Labute approximate surface area is 115 Å². The van der Waals surface area contributed by atoms with Gasteiger partial charge in [0.05, 0.1) is 6.10 Å². The summed E-state index contributed by atoms with van der Waals surface area (Å²) in [7, 11) is 0. The van der Waals surface area contributed by atoms with Crippen molar-refractivity contribution < 1.29 is 5.11 Å². The molecular formula is C17H23NO. The Hall–Kier alpha value is -1.38. The van der Waals surface area contributed by atoms with Crippen LogP contribution in [-0.4, -0.2) is 18.2 Å². The van der Waals surface area contributed by atoms with Gasteiger partial charge < -0.3 is 10.4 Å². The Morgan fingerprint density at radius 3 is 2.74 bits per heavy atom. The molecule has 1 aliphatic rings. The van der Waals surface area contributed by atoms with Crippen molar-refractivity contribution in [2.24, 2.45) is 5.92 Å². The molecule has 0 spiro atoms. The zero-order chi connectivity index (χ0) is 13.7. The van der Waals surface area contributed by atoms with E-state index in [9.17, 15) is 5.11 Å². The topological polar surface area (TPSA) is 32.3 Å². The summed E-state index contributed by atoms with van der Waals surface area (Å²) in [5.41, 5.74) is 3.33. The third-order valence-electron chi connectivity index (χ3n) is 3.90. The van der Waals surface area contributed by atoms with Crippen molar-refractivity contribution in [2.45, 2.75) is 25.9 Å². The molecule has 2 nitrogen and oxygen atoms in total. The van der Waals surface area contributed by atoms with Crippen molar-refractivity contribution >= 4 is 5.57 Å². The van der Waals surface area contributed by atoms with Crippen molar-refractivity contribution in [3.8, 4) is 0 Å². The number of piperidine rings is 1. The molecule has 0 unspecified atom stereocenters. The number of nitrogens with one attached hydrogen (secondary N) is 1. The molecule has 1 saturated heterocycles. The Kier molecular flexibility index (Phi) is 4.94. The monoisotopic (exact) mass is 257 g/mol. The molecule has 1 aromatic rings. The molecule has 0 radical (unpaired) electrons. The van der Waals surface area contributed by atoms with E-state index in [1.807, 2.05) is 24.3 Å². The maximum Gasteiger partial charge on any atom is 0.0825 e. The van der Waals surface area contributed by atoms with Crippen LogP contribution in [-0.2, 0) is 0 Å². The standard InChI is InChI=1S/C17H23NO/c1-3-6-13(2)15-7-4-5-8-16(15)17(19)14-9-11-18-12-10-14/h3-8,14,17-19H,1,9-12H2,2H3/b13-6+/t17-/m0/s1. The van der Waals surface area contributed by atoms with Gasteiger partial charge in [0.25, 0.3) is 0 Å². The van der Waals surface area contributed by atoms with Gasteiger partial charge in [0.15, 0.2) is 0 Å². The number of hydrogen-bond donors (Lipinski definition) is 2. The van der Waals surface area contributed by atoms with Gasteiger partial charge in [0, 0.05) is 0 Å². The summed E-state index contributed by atoms with van der Waals surface area (Å²) in [5.74, 6) is 0.360. The maximum absolute atomic E-state index is 10.7. The molecular weight excluding hydrogens is 234 g/mol. The van der Waals surface area contributed by atoms with E-state index in [4.69, 9.17) is 0 Å². The first-order chi connectivity index (χ1) is 9.24. The van der Waals surface area contributed by atoms with Gasteiger partial charge in [0.2, 0.25) is 0 Å². The summed E-state index contributed by atoms with van der Waals surface area (Å²) in [5, 5.41) is 14.0. The van der Waals surface area contributed by atoms with E-state index in [0.717, 1.165) is 42.6 Å². The average molecular weight is 257 g/mol. The third kappa shape index (κ3) is 3.34. The molecule has 2 heteroatoms. The molecule has 1 atom stereocenters. The van der Waals surface area contributed by atoms with Crippen LogP contribution in [0.5, 0.6) is 0 Å². The van der Waals surface area contributed by atoms with Gasteiger partial charge in [-0.25, -0.2) is 0 Å². The van der Waals surface area contributed by atoms with Crippen molar-refractivity contribution in [3.63, 3.8) is 0 Å². The van der Waals surface area contributed by atoms with E-state index in [1.54, 1.807) is 6.08 Å². The van der Waals surface area contributed by atoms with Gasteiger partial charge >= 0.3 is 0 Å². The van der Waals surface area contributed by atoms with Gasteiger partial charge in [-0.05, 0) is 55.5 Å². The first-order valence-electron chi connectivity index (χ1n) is 7.01. The van der Waals surface area contributed by atoms with E-state index in [2.05, 4.69) is 24.9 Å². The van der Waals surface area contributed by atoms with Crippen molar-refractivity contribution in [1.82, 2.24) is 5.32 Å². The van der Waals surface area contributed by atoms with Crippen LogP contribution in [0.15, 0.2) is 43.0 Å². The van der Waals surface area contributed by atoms with Crippen LogP contribution in [0.2, 0.25) is 0 Å². The fraction of sp³-hybridized carbons (Fsp3) is 0.412. The highest BCUT2D eigenvalue weighted by Crippen LogP contribution is 2.33. The number of hydrogen-bond acceptors (Lipinski definition) is 2. The molecule has 1 heterocycles. The van der Waals surface area contributed by atoms with Crippen molar-refractivity contribution in [3.05, 3.63) is 54.1 Å². The fourth-order valence-corrected chi connectivity index (χ4v) is 2.79. The predicted octanol–water partition coefficient (Wildman–Crippen LogP) is 3.31.